The van der Waals surface area contributed by atoms with E-state index in [2.05, 4.69) is 5.32 Å². The van der Waals surface area contributed by atoms with E-state index in [0.29, 0.717) is 24.8 Å². The molecule has 0 aromatic heterocycles. The van der Waals surface area contributed by atoms with Gasteiger partial charge in [-0.3, -0.25) is 4.79 Å². The van der Waals surface area contributed by atoms with Gasteiger partial charge in [-0.25, -0.2) is 4.39 Å². The Labute approximate surface area is 113 Å². The maximum Gasteiger partial charge on any atom is 0.220 e. The highest BCUT2D eigenvalue weighted by molar-refractivity contribution is 5.76. The van der Waals surface area contributed by atoms with Gasteiger partial charge < -0.3 is 10.4 Å². The Kier molecular flexibility index (Phi) is 5.48. The predicted molar refractivity (Wildman–Crippen MR) is 73.1 cm³/mol. The molecule has 1 aromatic rings. The third-order valence-electron chi connectivity index (χ3n) is 2.65. The Bertz CT molecular complexity index is 409. The lowest BCUT2D eigenvalue weighted by Gasteiger charge is -2.20. The van der Waals surface area contributed by atoms with Crippen molar-refractivity contribution < 1.29 is 14.3 Å². The van der Waals surface area contributed by atoms with Crippen molar-refractivity contribution in [1.82, 2.24) is 5.32 Å². The van der Waals surface area contributed by atoms with Gasteiger partial charge in [0.25, 0.3) is 0 Å². The molecule has 106 valence electrons. The van der Waals surface area contributed by atoms with E-state index in [-0.39, 0.29) is 17.3 Å². The molecular weight excluding hydrogens is 245 g/mol. The quantitative estimate of drug-likeness (QED) is 0.861. The summed E-state index contributed by atoms with van der Waals surface area (Å²) in [5, 5.41) is 12.8. The average Bonchev–Trinajstić information content (AvgIpc) is 2.27. The lowest BCUT2D eigenvalue weighted by atomic mass is 10.0. The summed E-state index contributed by atoms with van der Waals surface area (Å²) in [5.74, 6) is -0.334. The molecule has 1 rings (SSSR count). The number of halogens is 1. The Hall–Kier alpha value is -1.42. The number of aliphatic hydroxyl groups excluding tert-OH is 1. The van der Waals surface area contributed by atoms with Crippen LogP contribution < -0.4 is 5.32 Å². The Morgan fingerprint density at radius 1 is 1.32 bits per heavy atom. The zero-order valence-electron chi connectivity index (χ0n) is 11.7. The molecule has 2 N–H and O–H groups in total. The summed E-state index contributed by atoms with van der Waals surface area (Å²) in [5.41, 5.74) is 0.449. The molecule has 1 atom stereocenters. The van der Waals surface area contributed by atoms with E-state index in [9.17, 15) is 14.3 Å². The average molecular weight is 267 g/mol. The van der Waals surface area contributed by atoms with Crippen LogP contribution in [0.25, 0.3) is 0 Å². The van der Waals surface area contributed by atoms with Crippen LogP contribution >= 0.6 is 0 Å². The molecule has 0 heterocycles. The van der Waals surface area contributed by atoms with Gasteiger partial charge in [0.2, 0.25) is 5.91 Å². The monoisotopic (exact) mass is 267 g/mol. The molecule has 3 nitrogen and oxygen atoms in total. The molecule has 0 aliphatic heterocycles. The zero-order chi connectivity index (χ0) is 14.5. The number of nitrogens with one attached hydrogen (secondary N) is 1. The fourth-order valence-corrected chi connectivity index (χ4v) is 1.79. The van der Waals surface area contributed by atoms with Gasteiger partial charge in [-0.1, -0.05) is 12.1 Å². The van der Waals surface area contributed by atoms with Crippen LogP contribution in [0.2, 0.25) is 0 Å². The van der Waals surface area contributed by atoms with E-state index in [1.54, 1.807) is 12.1 Å². The van der Waals surface area contributed by atoms with Crippen molar-refractivity contribution in [2.45, 2.75) is 51.7 Å². The second-order valence-electron chi connectivity index (χ2n) is 5.76. The van der Waals surface area contributed by atoms with E-state index in [1.165, 1.54) is 12.1 Å². The molecular formula is C15H22FNO2. The van der Waals surface area contributed by atoms with Crippen molar-refractivity contribution in [3.8, 4) is 0 Å². The largest absolute Gasteiger partial charge is 0.388 e. The van der Waals surface area contributed by atoms with Crippen molar-refractivity contribution in [3.63, 3.8) is 0 Å². The molecule has 4 heteroatoms. The maximum atomic E-state index is 12.7. The third-order valence-corrected chi connectivity index (χ3v) is 2.65. The molecule has 0 spiro atoms. The van der Waals surface area contributed by atoms with E-state index < -0.39 is 6.10 Å². The zero-order valence-corrected chi connectivity index (χ0v) is 11.7. The van der Waals surface area contributed by atoms with Crippen LogP contribution in [0.15, 0.2) is 24.3 Å². The van der Waals surface area contributed by atoms with Crippen LogP contribution in [0.5, 0.6) is 0 Å². The summed E-state index contributed by atoms with van der Waals surface area (Å²) in [7, 11) is 0. The summed E-state index contributed by atoms with van der Waals surface area (Å²) in [6.45, 7) is 5.79. The van der Waals surface area contributed by atoms with Gasteiger partial charge in [0, 0.05) is 12.0 Å². The Morgan fingerprint density at radius 3 is 2.42 bits per heavy atom. The minimum Gasteiger partial charge on any atom is -0.388 e. The molecule has 0 saturated carbocycles. The summed E-state index contributed by atoms with van der Waals surface area (Å²) >= 11 is 0. The molecule has 19 heavy (non-hydrogen) atoms. The fourth-order valence-electron chi connectivity index (χ4n) is 1.79. The van der Waals surface area contributed by atoms with Gasteiger partial charge in [-0.2, -0.15) is 0 Å². The number of hydrogen-bond donors (Lipinski definition) is 2. The van der Waals surface area contributed by atoms with Crippen molar-refractivity contribution in [3.05, 3.63) is 35.6 Å². The van der Waals surface area contributed by atoms with E-state index in [1.807, 2.05) is 20.8 Å². The van der Waals surface area contributed by atoms with Crippen LogP contribution in [0.3, 0.4) is 0 Å². The predicted octanol–water partition coefficient (Wildman–Crippen LogP) is 2.94. The molecule has 0 saturated heterocycles. The Morgan fingerprint density at radius 2 is 1.89 bits per heavy atom. The molecule has 0 aliphatic carbocycles. The van der Waals surface area contributed by atoms with Gasteiger partial charge in [0.1, 0.15) is 5.82 Å². The maximum absolute atomic E-state index is 12.7. The van der Waals surface area contributed by atoms with Gasteiger partial charge >= 0.3 is 0 Å². The minimum atomic E-state index is -0.650. The first-order chi connectivity index (χ1) is 8.78. The number of hydrogen-bond acceptors (Lipinski definition) is 2. The van der Waals surface area contributed by atoms with Crippen molar-refractivity contribution >= 4 is 5.91 Å². The number of carbonyl (C=O) groups is 1. The van der Waals surface area contributed by atoms with Gasteiger partial charge in [0.15, 0.2) is 0 Å². The van der Waals surface area contributed by atoms with Crippen LogP contribution in [0.4, 0.5) is 4.39 Å². The fraction of sp³-hybridized carbons (Fsp3) is 0.533. The standard InChI is InChI=1S/C15H22FNO2/c1-15(2,3)17-14(19)6-4-5-13(18)11-7-9-12(16)10-8-11/h7-10,13,18H,4-6H2,1-3H3,(H,17,19). The molecule has 0 radical (unpaired) electrons. The number of carbonyl (C=O) groups excluding carboxylic acids is 1. The highest BCUT2D eigenvalue weighted by atomic mass is 19.1. The van der Waals surface area contributed by atoms with Crippen molar-refractivity contribution in [1.29, 1.82) is 0 Å². The van der Waals surface area contributed by atoms with E-state index in [4.69, 9.17) is 0 Å². The first-order valence-corrected chi connectivity index (χ1v) is 6.52. The van der Waals surface area contributed by atoms with Crippen LogP contribution in [0.1, 0.15) is 51.7 Å². The Balaban J connectivity index is 2.33. The number of aliphatic hydroxyl groups is 1. The molecule has 1 unspecified atom stereocenters. The normalized spacial score (nSPS) is 13.1. The van der Waals surface area contributed by atoms with Gasteiger partial charge in [0.05, 0.1) is 6.10 Å². The molecule has 0 bridgehead atoms. The highest BCUT2D eigenvalue weighted by Crippen LogP contribution is 2.19. The van der Waals surface area contributed by atoms with Crippen LogP contribution in [-0.4, -0.2) is 16.6 Å². The summed E-state index contributed by atoms with van der Waals surface area (Å²) in [4.78, 5) is 11.6. The second-order valence-corrected chi connectivity index (χ2v) is 5.76. The molecule has 1 aromatic carbocycles. The van der Waals surface area contributed by atoms with E-state index in [0.717, 1.165) is 0 Å². The SMILES string of the molecule is CC(C)(C)NC(=O)CCCC(O)c1ccc(F)cc1. The number of benzene rings is 1. The minimum absolute atomic E-state index is 0.0150. The first kappa shape index (κ1) is 15.6. The third kappa shape index (κ3) is 6.34. The van der Waals surface area contributed by atoms with Gasteiger partial charge in [-0.05, 0) is 51.3 Å². The van der Waals surface area contributed by atoms with Crippen LogP contribution in [0, 0.1) is 5.82 Å². The summed E-state index contributed by atoms with van der Waals surface area (Å²) < 4.78 is 12.7. The van der Waals surface area contributed by atoms with Crippen LogP contribution in [-0.2, 0) is 4.79 Å². The topological polar surface area (TPSA) is 49.3 Å². The highest BCUT2D eigenvalue weighted by Gasteiger charge is 2.14. The van der Waals surface area contributed by atoms with Gasteiger partial charge in [-0.15, -0.1) is 0 Å². The summed E-state index contributed by atoms with van der Waals surface area (Å²) in [6, 6.07) is 5.78. The molecule has 0 aliphatic rings. The number of amides is 1. The molecule has 0 fully saturated rings. The van der Waals surface area contributed by atoms with Crippen molar-refractivity contribution in [2.24, 2.45) is 0 Å². The first-order valence-electron chi connectivity index (χ1n) is 6.52. The van der Waals surface area contributed by atoms with Crippen molar-refractivity contribution in [2.75, 3.05) is 0 Å². The summed E-state index contributed by atoms with van der Waals surface area (Å²) in [6.07, 6.45) is 0.821. The molecule has 1 amide bonds. The number of rotatable bonds is 5. The second kappa shape index (κ2) is 6.66. The lowest BCUT2D eigenvalue weighted by molar-refractivity contribution is -0.122. The smallest absolute Gasteiger partial charge is 0.220 e. The lowest BCUT2D eigenvalue weighted by Crippen LogP contribution is -2.40. The van der Waals surface area contributed by atoms with E-state index >= 15 is 0 Å².